The number of aryl methyl sites for hydroxylation is 1. The zero-order valence-corrected chi connectivity index (χ0v) is 14.0. The zero-order chi connectivity index (χ0) is 17.9. The third kappa shape index (κ3) is 4.09. The summed E-state index contributed by atoms with van der Waals surface area (Å²) >= 11 is 0. The van der Waals surface area contributed by atoms with Gasteiger partial charge in [0.05, 0.1) is 6.61 Å². The Hall–Kier alpha value is -2.00. The number of H-pyrrole nitrogens is 1. The highest BCUT2D eigenvalue weighted by molar-refractivity contribution is 7.70. The van der Waals surface area contributed by atoms with Crippen LogP contribution in [-0.2, 0) is 13.8 Å². The van der Waals surface area contributed by atoms with Crippen LogP contribution in [0.15, 0.2) is 27.9 Å². The molecule has 3 atom stereocenters. The van der Waals surface area contributed by atoms with Gasteiger partial charge in [-0.15, -0.1) is 0 Å². The lowest BCUT2D eigenvalue weighted by molar-refractivity contribution is -0.00677. The predicted molar refractivity (Wildman–Crippen MR) is 84.0 cm³/mol. The maximum atomic E-state index is 11.8. The SMILES string of the molecule is CCNC(=O)P(=O)(O)OC[C@@H]1C=C[C@H](n2cc(C)c(=O)[nH]c2=O)O1. The number of nitrogens with zero attached hydrogens (tertiary/aromatic N) is 1. The molecule has 0 radical (unpaired) electrons. The second kappa shape index (κ2) is 7.27. The summed E-state index contributed by atoms with van der Waals surface area (Å²) in [5.74, 6) is 0. The standard InChI is InChI=1S/C13H18N3O7P/c1-3-14-13(19)24(20,21)22-7-9-4-5-10(23-9)16-6-8(2)11(17)15-12(16)18/h4-6,9-10H,3,7H2,1-2H3,(H,14,19)(H,20,21)(H,15,17,18)/t9-,10+/m0/s1. The van der Waals surface area contributed by atoms with E-state index in [0.29, 0.717) is 5.56 Å². The van der Waals surface area contributed by atoms with E-state index in [1.165, 1.54) is 16.8 Å². The largest absolute Gasteiger partial charge is 0.415 e. The van der Waals surface area contributed by atoms with E-state index in [-0.39, 0.29) is 13.2 Å². The number of carbonyl (C=O) groups is 1. The Morgan fingerprint density at radius 3 is 2.88 bits per heavy atom. The maximum absolute atomic E-state index is 11.8. The number of hydrogen-bond acceptors (Lipinski definition) is 6. The van der Waals surface area contributed by atoms with E-state index in [4.69, 9.17) is 9.26 Å². The highest BCUT2D eigenvalue weighted by Gasteiger charge is 2.32. The number of rotatable bonds is 6. The molecular formula is C13H18N3O7P. The van der Waals surface area contributed by atoms with Crippen molar-refractivity contribution in [3.8, 4) is 0 Å². The lowest BCUT2D eigenvalue weighted by Gasteiger charge is -2.17. The van der Waals surface area contributed by atoms with Gasteiger partial charge in [0.2, 0.25) is 0 Å². The summed E-state index contributed by atoms with van der Waals surface area (Å²) in [6.07, 6.45) is 2.93. The first-order chi connectivity index (χ1) is 11.2. The summed E-state index contributed by atoms with van der Waals surface area (Å²) in [6, 6.07) is 0. The monoisotopic (exact) mass is 359 g/mol. The fourth-order valence-electron chi connectivity index (χ4n) is 2.00. The molecule has 1 aliphatic heterocycles. The van der Waals surface area contributed by atoms with Crippen molar-refractivity contribution >= 4 is 13.2 Å². The molecule has 1 aliphatic rings. The molecule has 132 valence electrons. The molecule has 1 aromatic heterocycles. The number of carbonyl (C=O) groups excluding carboxylic acids is 1. The second-order valence-electron chi connectivity index (χ2n) is 5.08. The number of nitrogens with one attached hydrogen (secondary N) is 2. The first-order valence-electron chi connectivity index (χ1n) is 7.16. The molecule has 0 saturated carbocycles. The van der Waals surface area contributed by atoms with Crippen molar-refractivity contribution in [1.82, 2.24) is 14.9 Å². The van der Waals surface area contributed by atoms with E-state index in [1.807, 2.05) is 0 Å². The van der Waals surface area contributed by atoms with Gasteiger partial charge in [-0.3, -0.25) is 23.7 Å². The predicted octanol–water partition coefficient (Wildman–Crippen LogP) is 0.230. The zero-order valence-electron chi connectivity index (χ0n) is 13.1. The van der Waals surface area contributed by atoms with Gasteiger partial charge in [0.15, 0.2) is 6.23 Å². The average Bonchev–Trinajstić information content (AvgIpc) is 2.98. The lowest BCUT2D eigenvalue weighted by Crippen LogP contribution is -2.33. The van der Waals surface area contributed by atoms with Gasteiger partial charge in [0, 0.05) is 18.3 Å². The van der Waals surface area contributed by atoms with Crippen LogP contribution < -0.4 is 16.6 Å². The molecular weight excluding hydrogens is 341 g/mol. The van der Waals surface area contributed by atoms with Gasteiger partial charge >= 0.3 is 18.9 Å². The van der Waals surface area contributed by atoms with Crippen LogP contribution in [0.3, 0.4) is 0 Å². The third-order valence-electron chi connectivity index (χ3n) is 3.22. The molecule has 1 amide bonds. The Kier molecular flexibility index (Phi) is 5.55. The molecule has 2 heterocycles. The maximum Gasteiger partial charge on any atom is 0.415 e. The molecule has 2 rings (SSSR count). The topological polar surface area (TPSA) is 140 Å². The lowest BCUT2D eigenvalue weighted by atomic mass is 10.3. The first-order valence-corrected chi connectivity index (χ1v) is 8.74. The quantitative estimate of drug-likeness (QED) is 0.488. The molecule has 3 N–H and O–H groups in total. The van der Waals surface area contributed by atoms with Gasteiger partial charge in [0.25, 0.3) is 5.56 Å². The van der Waals surface area contributed by atoms with Crippen LogP contribution in [0.4, 0.5) is 4.79 Å². The number of aromatic nitrogens is 2. The van der Waals surface area contributed by atoms with Gasteiger partial charge < -0.3 is 14.9 Å². The van der Waals surface area contributed by atoms with Gasteiger partial charge in [-0.2, -0.15) is 0 Å². The minimum absolute atomic E-state index is 0.198. The van der Waals surface area contributed by atoms with Gasteiger partial charge in [0.1, 0.15) is 6.10 Å². The molecule has 0 spiro atoms. The molecule has 1 aromatic rings. The number of aromatic amines is 1. The molecule has 10 nitrogen and oxygen atoms in total. The van der Waals surface area contributed by atoms with Crippen LogP contribution in [0.2, 0.25) is 0 Å². The van der Waals surface area contributed by atoms with Gasteiger partial charge in [-0.1, -0.05) is 6.08 Å². The molecule has 0 fully saturated rings. The summed E-state index contributed by atoms with van der Waals surface area (Å²) in [4.78, 5) is 46.2. The van der Waals surface area contributed by atoms with Crippen molar-refractivity contribution in [2.45, 2.75) is 26.2 Å². The Labute approximate surface area is 136 Å². The molecule has 0 saturated heterocycles. The van der Waals surface area contributed by atoms with Gasteiger partial charge in [-0.25, -0.2) is 9.36 Å². The molecule has 0 bridgehead atoms. The summed E-state index contributed by atoms with van der Waals surface area (Å²) in [6.45, 7) is 3.01. The van der Waals surface area contributed by atoms with Crippen molar-refractivity contribution in [3.63, 3.8) is 0 Å². The van der Waals surface area contributed by atoms with Crippen molar-refractivity contribution in [3.05, 3.63) is 44.8 Å². The van der Waals surface area contributed by atoms with E-state index in [2.05, 4.69) is 10.3 Å². The Morgan fingerprint density at radius 1 is 1.50 bits per heavy atom. The van der Waals surface area contributed by atoms with E-state index in [9.17, 15) is 23.8 Å². The Morgan fingerprint density at radius 2 is 2.21 bits per heavy atom. The van der Waals surface area contributed by atoms with Crippen LogP contribution >= 0.6 is 7.60 Å². The van der Waals surface area contributed by atoms with Crippen LogP contribution in [0.25, 0.3) is 0 Å². The minimum atomic E-state index is -4.45. The molecule has 24 heavy (non-hydrogen) atoms. The van der Waals surface area contributed by atoms with Crippen LogP contribution in [-0.4, -0.2) is 39.3 Å². The number of hydrogen-bond donors (Lipinski definition) is 3. The fraction of sp³-hybridized carbons (Fsp3) is 0.462. The van der Waals surface area contributed by atoms with E-state index in [0.717, 1.165) is 0 Å². The smallest absolute Gasteiger partial charge is 0.346 e. The average molecular weight is 359 g/mol. The van der Waals surface area contributed by atoms with E-state index in [1.54, 1.807) is 19.9 Å². The molecule has 0 aliphatic carbocycles. The number of ether oxygens (including phenoxy) is 1. The summed E-state index contributed by atoms with van der Waals surface area (Å²) in [5.41, 5.74) is -1.88. The Balaban J connectivity index is 2.00. The minimum Gasteiger partial charge on any atom is -0.346 e. The van der Waals surface area contributed by atoms with Crippen LogP contribution in [0, 0.1) is 6.92 Å². The summed E-state index contributed by atoms with van der Waals surface area (Å²) in [7, 11) is -4.45. The number of amides is 1. The van der Waals surface area contributed by atoms with Crippen molar-refractivity contribution in [2.24, 2.45) is 0 Å². The fourth-order valence-corrected chi connectivity index (χ4v) is 2.83. The molecule has 1 unspecified atom stereocenters. The van der Waals surface area contributed by atoms with Gasteiger partial charge in [-0.05, 0) is 19.9 Å². The van der Waals surface area contributed by atoms with Crippen molar-refractivity contribution in [1.29, 1.82) is 0 Å². The second-order valence-corrected chi connectivity index (χ2v) is 6.79. The van der Waals surface area contributed by atoms with Crippen molar-refractivity contribution < 1.29 is 23.5 Å². The van der Waals surface area contributed by atoms with E-state index >= 15 is 0 Å². The Bertz CT molecular complexity index is 813. The first kappa shape index (κ1) is 18.3. The van der Waals surface area contributed by atoms with Crippen LogP contribution in [0.5, 0.6) is 0 Å². The van der Waals surface area contributed by atoms with Crippen LogP contribution in [0.1, 0.15) is 18.7 Å². The summed E-state index contributed by atoms with van der Waals surface area (Å²) in [5, 5.41) is 2.20. The van der Waals surface area contributed by atoms with Crippen molar-refractivity contribution in [2.75, 3.05) is 13.2 Å². The highest BCUT2D eigenvalue weighted by Crippen LogP contribution is 2.43. The third-order valence-corrected chi connectivity index (χ3v) is 4.39. The highest BCUT2D eigenvalue weighted by atomic mass is 31.2. The summed E-state index contributed by atoms with van der Waals surface area (Å²) < 4.78 is 23.1. The normalized spacial score (nSPS) is 22.3. The molecule has 0 aromatic carbocycles. The van der Waals surface area contributed by atoms with E-state index < -0.39 is 36.8 Å². The molecule has 11 heteroatoms.